The molecule has 1 unspecified atom stereocenters. The Balaban J connectivity index is 1.93. The molecule has 1 aromatic heterocycles. The summed E-state index contributed by atoms with van der Waals surface area (Å²) >= 11 is 0. The largest absolute Gasteiger partial charge is 0.489 e. The number of aromatic nitrogens is 1. The number of halogens is 1. The number of benzene rings is 1. The van der Waals surface area contributed by atoms with E-state index < -0.39 is 6.10 Å². The van der Waals surface area contributed by atoms with Crippen LogP contribution in [0.15, 0.2) is 48.8 Å². The molecule has 0 aliphatic rings. The Labute approximate surface area is 98.5 Å². The Morgan fingerprint density at radius 2 is 2.00 bits per heavy atom. The maximum absolute atomic E-state index is 12.7. The molecule has 1 N–H and O–H groups in total. The van der Waals surface area contributed by atoms with E-state index in [9.17, 15) is 9.50 Å². The van der Waals surface area contributed by atoms with Gasteiger partial charge in [-0.05, 0) is 29.8 Å². The zero-order valence-corrected chi connectivity index (χ0v) is 9.08. The number of rotatable bonds is 4. The summed E-state index contributed by atoms with van der Waals surface area (Å²) in [5.74, 6) is 0.266. The average Bonchev–Trinajstić information content (AvgIpc) is 2.38. The van der Waals surface area contributed by atoms with Gasteiger partial charge in [0.15, 0.2) is 0 Å². The van der Waals surface area contributed by atoms with Crippen molar-refractivity contribution in [2.24, 2.45) is 0 Å². The van der Waals surface area contributed by atoms with Crippen LogP contribution in [0.25, 0.3) is 0 Å². The fourth-order valence-corrected chi connectivity index (χ4v) is 1.39. The standard InChI is InChI=1S/C13H12FNO2/c14-11-5-3-10(4-6-11)13(16)9-17-12-2-1-7-15-8-12/h1-8,13,16H,9H2. The van der Waals surface area contributed by atoms with Gasteiger partial charge in [0.25, 0.3) is 0 Å². The van der Waals surface area contributed by atoms with E-state index in [-0.39, 0.29) is 12.4 Å². The Kier molecular flexibility index (Phi) is 3.67. The van der Waals surface area contributed by atoms with Crippen molar-refractivity contribution >= 4 is 0 Å². The van der Waals surface area contributed by atoms with Crippen LogP contribution in [0.4, 0.5) is 4.39 Å². The van der Waals surface area contributed by atoms with Crippen LogP contribution >= 0.6 is 0 Å². The van der Waals surface area contributed by atoms with Crippen LogP contribution in [-0.2, 0) is 0 Å². The first-order valence-electron chi connectivity index (χ1n) is 5.22. The first-order valence-corrected chi connectivity index (χ1v) is 5.22. The van der Waals surface area contributed by atoms with Gasteiger partial charge in [-0.1, -0.05) is 12.1 Å². The molecule has 1 atom stereocenters. The molecule has 0 aliphatic carbocycles. The highest BCUT2D eigenvalue weighted by atomic mass is 19.1. The maximum atomic E-state index is 12.7. The zero-order valence-electron chi connectivity index (χ0n) is 9.08. The molecule has 88 valence electrons. The lowest BCUT2D eigenvalue weighted by Crippen LogP contribution is -2.09. The first-order chi connectivity index (χ1) is 8.25. The monoisotopic (exact) mass is 233 g/mol. The van der Waals surface area contributed by atoms with Crippen molar-refractivity contribution in [3.05, 3.63) is 60.2 Å². The fraction of sp³-hybridized carbons (Fsp3) is 0.154. The highest BCUT2D eigenvalue weighted by molar-refractivity contribution is 5.20. The minimum atomic E-state index is -0.782. The minimum absolute atomic E-state index is 0.108. The number of pyridine rings is 1. The van der Waals surface area contributed by atoms with Gasteiger partial charge in [0, 0.05) is 6.20 Å². The molecule has 0 spiro atoms. The summed E-state index contributed by atoms with van der Waals surface area (Å²) in [6.07, 6.45) is 2.43. The Hall–Kier alpha value is -1.94. The average molecular weight is 233 g/mol. The molecule has 2 rings (SSSR count). The summed E-state index contributed by atoms with van der Waals surface area (Å²) in [4.78, 5) is 3.89. The Morgan fingerprint density at radius 1 is 1.24 bits per heavy atom. The quantitative estimate of drug-likeness (QED) is 0.881. The van der Waals surface area contributed by atoms with E-state index in [1.54, 1.807) is 24.5 Å². The summed E-state index contributed by atoms with van der Waals surface area (Å²) in [6, 6.07) is 9.19. The predicted molar refractivity (Wildman–Crippen MR) is 61.1 cm³/mol. The molecule has 1 heterocycles. The third-order valence-electron chi connectivity index (χ3n) is 2.30. The van der Waals surface area contributed by atoms with E-state index in [2.05, 4.69) is 4.98 Å². The fourth-order valence-electron chi connectivity index (χ4n) is 1.39. The van der Waals surface area contributed by atoms with Crippen LogP contribution in [0.3, 0.4) is 0 Å². The Bertz CT molecular complexity index is 459. The number of aliphatic hydroxyl groups is 1. The molecule has 0 radical (unpaired) electrons. The SMILES string of the molecule is OC(COc1cccnc1)c1ccc(F)cc1. The number of hydrogen-bond acceptors (Lipinski definition) is 3. The van der Waals surface area contributed by atoms with Gasteiger partial charge in [-0.25, -0.2) is 4.39 Å². The summed E-state index contributed by atoms with van der Waals surface area (Å²) in [5, 5.41) is 9.80. The molecule has 0 bridgehead atoms. The molecule has 0 saturated carbocycles. The van der Waals surface area contributed by atoms with Crippen molar-refractivity contribution < 1.29 is 14.2 Å². The first kappa shape index (κ1) is 11.5. The number of hydrogen-bond donors (Lipinski definition) is 1. The molecule has 3 nitrogen and oxygen atoms in total. The smallest absolute Gasteiger partial charge is 0.137 e. The minimum Gasteiger partial charge on any atom is -0.489 e. The van der Waals surface area contributed by atoms with E-state index in [4.69, 9.17) is 4.74 Å². The van der Waals surface area contributed by atoms with Gasteiger partial charge in [-0.15, -0.1) is 0 Å². The normalized spacial score (nSPS) is 12.1. The Morgan fingerprint density at radius 3 is 2.65 bits per heavy atom. The van der Waals surface area contributed by atoms with Crippen LogP contribution < -0.4 is 4.74 Å². The van der Waals surface area contributed by atoms with Crippen LogP contribution in [0.5, 0.6) is 5.75 Å². The summed E-state index contributed by atoms with van der Waals surface area (Å²) in [7, 11) is 0. The molecule has 0 amide bonds. The van der Waals surface area contributed by atoms with Crippen molar-refractivity contribution in [2.45, 2.75) is 6.10 Å². The highest BCUT2D eigenvalue weighted by Gasteiger charge is 2.08. The third kappa shape index (κ3) is 3.26. The summed E-state index contributed by atoms with van der Waals surface area (Å²) in [6.45, 7) is 0.108. The molecule has 1 aromatic carbocycles. The van der Waals surface area contributed by atoms with Crippen LogP contribution in [0.2, 0.25) is 0 Å². The predicted octanol–water partition coefficient (Wildman–Crippen LogP) is 2.33. The lowest BCUT2D eigenvalue weighted by atomic mass is 10.1. The van der Waals surface area contributed by atoms with Gasteiger partial charge >= 0.3 is 0 Å². The molecular formula is C13H12FNO2. The van der Waals surface area contributed by atoms with Crippen molar-refractivity contribution in [3.8, 4) is 5.75 Å². The van der Waals surface area contributed by atoms with Gasteiger partial charge in [-0.2, -0.15) is 0 Å². The van der Waals surface area contributed by atoms with Gasteiger partial charge < -0.3 is 9.84 Å². The van der Waals surface area contributed by atoms with E-state index in [1.165, 1.54) is 24.3 Å². The molecule has 0 fully saturated rings. The van der Waals surface area contributed by atoms with Crippen LogP contribution in [0, 0.1) is 5.82 Å². The lowest BCUT2D eigenvalue weighted by Gasteiger charge is -2.12. The van der Waals surface area contributed by atoms with Gasteiger partial charge in [0.1, 0.15) is 24.3 Å². The number of ether oxygens (including phenoxy) is 1. The van der Waals surface area contributed by atoms with Crippen molar-refractivity contribution in [1.82, 2.24) is 4.98 Å². The number of aliphatic hydroxyl groups excluding tert-OH is 1. The van der Waals surface area contributed by atoms with Gasteiger partial charge in [0.05, 0.1) is 6.20 Å². The van der Waals surface area contributed by atoms with Crippen LogP contribution in [0.1, 0.15) is 11.7 Å². The highest BCUT2D eigenvalue weighted by Crippen LogP contribution is 2.15. The second-order valence-electron chi connectivity index (χ2n) is 3.57. The van der Waals surface area contributed by atoms with Crippen LogP contribution in [-0.4, -0.2) is 16.7 Å². The van der Waals surface area contributed by atoms with Crippen molar-refractivity contribution in [1.29, 1.82) is 0 Å². The van der Waals surface area contributed by atoms with E-state index in [1.807, 2.05) is 0 Å². The molecule has 2 aromatic rings. The molecular weight excluding hydrogens is 221 g/mol. The molecule has 0 saturated heterocycles. The lowest BCUT2D eigenvalue weighted by molar-refractivity contribution is 0.108. The molecule has 17 heavy (non-hydrogen) atoms. The topological polar surface area (TPSA) is 42.4 Å². The van der Waals surface area contributed by atoms with Crippen molar-refractivity contribution in [2.75, 3.05) is 6.61 Å². The summed E-state index contributed by atoms with van der Waals surface area (Å²) in [5.41, 5.74) is 0.621. The number of nitrogens with zero attached hydrogens (tertiary/aromatic N) is 1. The summed E-state index contributed by atoms with van der Waals surface area (Å²) < 4.78 is 18.0. The van der Waals surface area contributed by atoms with Gasteiger partial charge in [0.2, 0.25) is 0 Å². The van der Waals surface area contributed by atoms with Gasteiger partial charge in [-0.3, -0.25) is 4.98 Å². The second kappa shape index (κ2) is 5.41. The van der Waals surface area contributed by atoms with Crippen molar-refractivity contribution in [3.63, 3.8) is 0 Å². The molecule has 4 heteroatoms. The molecule has 0 aliphatic heterocycles. The van der Waals surface area contributed by atoms with E-state index >= 15 is 0 Å². The second-order valence-corrected chi connectivity index (χ2v) is 3.57. The zero-order chi connectivity index (χ0) is 12.1. The van der Waals surface area contributed by atoms with E-state index in [0.29, 0.717) is 11.3 Å². The van der Waals surface area contributed by atoms with E-state index in [0.717, 1.165) is 0 Å². The maximum Gasteiger partial charge on any atom is 0.137 e. The third-order valence-corrected chi connectivity index (χ3v) is 2.30.